The summed E-state index contributed by atoms with van der Waals surface area (Å²) in [5.41, 5.74) is 0.336. The van der Waals surface area contributed by atoms with Crippen LogP contribution in [0, 0.1) is 17.6 Å². The fourth-order valence-corrected chi connectivity index (χ4v) is 3.49. The number of anilines is 2. The third kappa shape index (κ3) is 4.70. The summed E-state index contributed by atoms with van der Waals surface area (Å²) in [6.07, 6.45) is 4.41. The Bertz CT molecular complexity index is 895. The van der Waals surface area contributed by atoms with E-state index in [9.17, 15) is 18.4 Å². The van der Waals surface area contributed by atoms with Gasteiger partial charge in [-0.1, -0.05) is 0 Å². The second-order valence-corrected chi connectivity index (χ2v) is 7.46. The molecule has 2 aromatic rings. The highest BCUT2D eigenvalue weighted by atomic mass is 19.1. The van der Waals surface area contributed by atoms with E-state index < -0.39 is 17.5 Å². The Kier molecular flexibility index (Phi) is 5.42. The number of carbonyl (C=O) groups excluding carboxylic acids is 2. The average Bonchev–Trinajstić information content (AvgIpc) is 3.54. The first-order valence-electron chi connectivity index (χ1n) is 9.77. The lowest BCUT2D eigenvalue weighted by Crippen LogP contribution is -2.36. The van der Waals surface area contributed by atoms with Crippen molar-refractivity contribution in [1.29, 1.82) is 0 Å². The number of pyridine rings is 1. The molecule has 0 bridgehead atoms. The van der Waals surface area contributed by atoms with Gasteiger partial charge in [0.1, 0.15) is 17.5 Å². The lowest BCUT2D eigenvalue weighted by molar-refractivity contribution is -0.132. The number of nitrogens with one attached hydrogen (secondary N) is 1. The van der Waals surface area contributed by atoms with Crippen molar-refractivity contribution < 1.29 is 18.4 Å². The number of hydrogen-bond acceptors (Lipinski definition) is 4. The van der Waals surface area contributed by atoms with Crippen LogP contribution >= 0.6 is 0 Å². The maximum absolute atomic E-state index is 13.3. The van der Waals surface area contributed by atoms with Gasteiger partial charge in [0.05, 0.1) is 11.9 Å². The van der Waals surface area contributed by atoms with Crippen molar-refractivity contribution in [3.8, 4) is 0 Å². The molecule has 1 N–H and O–H groups in total. The predicted octanol–water partition coefficient (Wildman–Crippen LogP) is 3.06. The normalized spacial score (nSPS) is 17.0. The molecule has 2 amide bonds. The van der Waals surface area contributed by atoms with Crippen molar-refractivity contribution in [2.24, 2.45) is 5.92 Å². The molecule has 2 aliphatic rings. The number of aromatic nitrogens is 1. The molecule has 0 atom stereocenters. The number of carbonyl (C=O) groups is 2. The molecule has 0 unspecified atom stereocenters. The molecular weight excluding hydrogens is 378 g/mol. The van der Waals surface area contributed by atoms with E-state index in [0.717, 1.165) is 50.3 Å². The number of halogens is 2. The van der Waals surface area contributed by atoms with Gasteiger partial charge < -0.3 is 15.1 Å². The summed E-state index contributed by atoms with van der Waals surface area (Å²) >= 11 is 0. The summed E-state index contributed by atoms with van der Waals surface area (Å²) in [6, 6.07) is 6.17. The number of hydrogen-bond donors (Lipinski definition) is 1. The Hall–Kier alpha value is -3.03. The van der Waals surface area contributed by atoms with Crippen LogP contribution in [0.4, 0.5) is 20.3 Å². The molecule has 6 nitrogen and oxygen atoms in total. The smallest absolute Gasteiger partial charge is 0.255 e. The summed E-state index contributed by atoms with van der Waals surface area (Å²) in [4.78, 5) is 32.9. The van der Waals surface area contributed by atoms with Crippen LogP contribution in [-0.4, -0.2) is 47.9 Å². The van der Waals surface area contributed by atoms with E-state index in [0.29, 0.717) is 24.8 Å². The minimum absolute atomic E-state index is 0.0977. The first-order valence-corrected chi connectivity index (χ1v) is 9.77. The molecule has 8 heteroatoms. The third-order valence-corrected chi connectivity index (χ3v) is 5.19. The second kappa shape index (κ2) is 8.14. The maximum atomic E-state index is 13.3. The summed E-state index contributed by atoms with van der Waals surface area (Å²) in [7, 11) is 0. The van der Waals surface area contributed by atoms with Crippen LogP contribution in [0.5, 0.6) is 0 Å². The number of amides is 2. The van der Waals surface area contributed by atoms with Crippen molar-refractivity contribution >= 4 is 23.3 Å². The van der Waals surface area contributed by atoms with Gasteiger partial charge in [0.15, 0.2) is 0 Å². The fourth-order valence-electron chi connectivity index (χ4n) is 3.49. The standard InChI is InChI=1S/C21H22F2N4O2/c22-16-10-15(11-17(23)12-16)20(28)25-18-4-5-19(24-13-18)26-6-1-7-27(9-8-26)21(29)14-2-3-14/h4-5,10-14H,1-3,6-9H2,(H,25,28). The number of nitrogens with zero attached hydrogens (tertiary/aromatic N) is 3. The van der Waals surface area contributed by atoms with Crippen LogP contribution in [0.1, 0.15) is 29.6 Å². The second-order valence-electron chi connectivity index (χ2n) is 7.46. The van der Waals surface area contributed by atoms with Crippen LogP contribution in [0.2, 0.25) is 0 Å². The van der Waals surface area contributed by atoms with E-state index in [1.54, 1.807) is 12.1 Å². The molecule has 1 saturated heterocycles. The summed E-state index contributed by atoms with van der Waals surface area (Å²) in [5.74, 6) is -0.957. The van der Waals surface area contributed by atoms with E-state index in [-0.39, 0.29) is 17.4 Å². The van der Waals surface area contributed by atoms with Gasteiger partial charge in [0.2, 0.25) is 5.91 Å². The molecule has 0 radical (unpaired) electrons. The van der Waals surface area contributed by atoms with Crippen molar-refractivity contribution in [3.05, 3.63) is 53.7 Å². The molecule has 2 fully saturated rings. The molecule has 0 spiro atoms. The minimum Gasteiger partial charge on any atom is -0.355 e. The molecule has 1 aliphatic carbocycles. The minimum atomic E-state index is -0.806. The lowest BCUT2D eigenvalue weighted by atomic mass is 10.2. The van der Waals surface area contributed by atoms with Crippen molar-refractivity contribution in [3.63, 3.8) is 0 Å². The molecule has 1 saturated carbocycles. The van der Waals surface area contributed by atoms with Crippen LogP contribution in [-0.2, 0) is 4.79 Å². The first-order chi connectivity index (χ1) is 14.0. The van der Waals surface area contributed by atoms with Gasteiger partial charge in [-0.25, -0.2) is 13.8 Å². The van der Waals surface area contributed by atoms with Crippen LogP contribution in [0.25, 0.3) is 0 Å². The summed E-state index contributed by atoms with van der Waals surface area (Å²) in [5, 5.41) is 2.59. The van der Waals surface area contributed by atoms with Gasteiger partial charge in [-0.2, -0.15) is 0 Å². The van der Waals surface area contributed by atoms with Crippen molar-refractivity contribution in [2.75, 3.05) is 36.4 Å². The zero-order chi connectivity index (χ0) is 20.4. The maximum Gasteiger partial charge on any atom is 0.255 e. The Morgan fingerprint density at radius 2 is 1.76 bits per heavy atom. The lowest BCUT2D eigenvalue weighted by Gasteiger charge is -2.23. The van der Waals surface area contributed by atoms with Gasteiger partial charge >= 0.3 is 0 Å². The van der Waals surface area contributed by atoms with Gasteiger partial charge in [-0.05, 0) is 43.5 Å². The predicted molar refractivity (Wildman–Crippen MR) is 105 cm³/mol. The van der Waals surface area contributed by atoms with E-state index >= 15 is 0 Å². The Labute approximate surface area is 167 Å². The Morgan fingerprint density at radius 3 is 2.41 bits per heavy atom. The molecule has 1 aromatic heterocycles. The topological polar surface area (TPSA) is 65.5 Å². The van der Waals surface area contributed by atoms with E-state index in [2.05, 4.69) is 15.2 Å². The van der Waals surface area contributed by atoms with Crippen LogP contribution in [0.3, 0.4) is 0 Å². The molecule has 152 valence electrons. The average molecular weight is 400 g/mol. The van der Waals surface area contributed by atoms with Crippen molar-refractivity contribution in [2.45, 2.75) is 19.3 Å². The summed E-state index contributed by atoms with van der Waals surface area (Å²) < 4.78 is 26.6. The Balaban J connectivity index is 1.37. The van der Waals surface area contributed by atoms with E-state index in [1.165, 1.54) is 6.20 Å². The molecular formula is C21H22F2N4O2. The zero-order valence-electron chi connectivity index (χ0n) is 15.9. The highest BCUT2D eigenvalue weighted by Gasteiger charge is 2.34. The number of benzene rings is 1. The quantitative estimate of drug-likeness (QED) is 0.857. The largest absolute Gasteiger partial charge is 0.355 e. The van der Waals surface area contributed by atoms with Gasteiger partial charge in [0, 0.05) is 43.7 Å². The van der Waals surface area contributed by atoms with Crippen LogP contribution < -0.4 is 10.2 Å². The molecule has 29 heavy (non-hydrogen) atoms. The molecule has 1 aliphatic heterocycles. The highest BCUT2D eigenvalue weighted by Crippen LogP contribution is 2.31. The highest BCUT2D eigenvalue weighted by molar-refractivity contribution is 6.04. The van der Waals surface area contributed by atoms with Gasteiger partial charge in [-0.3, -0.25) is 9.59 Å². The van der Waals surface area contributed by atoms with Crippen molar-refractivity contribution in [1.82, 2.24) is 9.88 Å². The third-order valence-electron chi connectivity index (χ3n) is 5.19. The molecule has 1 aromatic carbocycles. The van der Waals surface area contributed by atoms with E-state index in [4.69, 9.17) is 0 Å². The van der Waals surface area contributed by atoms with Crippen LogP contribution in [0.15, 0.2) is 36.5 Å². The molecule has 4 rings (SSSR count). The zero-order valence-corrected chi connectivity index (χ0v) is 15.9. The first kappa shape index (κ1) is 19.3. The van der Waals surface area contributed by atoms with E-state index in [1.807, 2.05) is 4.90 Å². The Morgan fingerprint density at radius 1 is 1.00 bits per heavy atom. The van der Waals surface area contributed by atoms with Gasteiger partial charge in [0.25, 0.3) is 5.91 Å². The number of rotatable bonds is 4. The fraction of sp³-hybridized carbons (Fsp3) is 0.381. The van der Waals surface area contributed by atoms with Gasteiger partial charge in [-0.15, -0.1) is 0 Å². The SMILES string of the molecule is O=C(Nc1ccc(N2CCCN(C(=O)C3CC3)CC2)nc1)c1cc(F)cc(F)c1. The monoisotopic (exact) mass is 400 g/mol. The summed E-state index contributed by atoms with van der Waals surface area (Å²) in [6.45, 7) is 2.96. The molecule has 2 heterocycles.